The monoisotopic (exact) mass is 385 g/mol. The quantitative estimate of drug-likeness (QED) is 0.736. The van der Waals surface area contributed by atoms with Crippen molar-refractivity contribution in [3.05, 3.63) is 72.2 Å². The van der Waals surface area contributed by atoms with E-state index in [-0.39, 0.29) is 5.91 Å². The van der Waals surface area contributed by atoms with Gasteiger partial charge in [0.15, 0.2) is 0 Å². The Morgan fingerprint density at radius 1 is 0.966 bits per heavy atom. The maximum Gasteiger partial charge on any atom is 0.254 e. The Kier molecular flexibility index (Phi) is 5.29. The lowest BCUT2D eigenvalue weighted by molar-refractivity contribution is 0.0746. The highest BCUT2D eigenvalue weighted by Crippen LogP contribution is 2.19. The number of amides is 1. The van der Waals surface area contributed by atoms with Crippen molar-refractivity contribution >= 4 is 23.4 Å². The average molecular weight is 385 g/mol. The minimum atomic E-state index is -0.0538. The number of hydrogen-bond donors (Lipinski definition) is 1. The van der Waals surface area contributed by atoms with Crippen molar-refractivity contribution in [2.75, 3.05) is 36.4 Å². The number of rotatable bonds is 4. The van der Waals surface area contributed by atoms with Crippen LogP contribution in [0.4, 0.5) is 17.5 Å². The van der Waals surface area contributed by atoms with Gasteiger partial charge in [0.1, 0.15) is 23.8 Å². The first kappa shape index (κ1) is 18.4. The summed E-state index contributed by atoms with van der Waals surface area (Å²) >= 11 is 0. The second-order valence-electron chi connectivity index (χ2n) is 6.57. The standard InChI is InChI=1S/C21H19N7O/c22-14-16-4-3-5-17(12-16)21(29)28-10-8-27(9-11-28)20-13-19(24-15-25-20)26-18-6-1-2-7-23-18/h1-7,12-13,15H,8-11H2,(H,23,24,25,26). The molecule has 0 bridgehead atoms. The van der Waals surface area contributed by atoms with Crippen LogP contribution in [0.15, 0.2) is 61.1 Å². The molecule has 3 heterocycles. The van der Waals surface area contributed by atoms with Gasteiger partial charge in [-0.3, -0.25) is 4.79 Å². The topological polar surface area (TPSA) is 98.0 Å². The number of carbonyl (C=O) groups is 1. The van der Waals surface area contributed by atoms with Crippen LogP contribution in [0, 0.1) is 11.3 Å². The van der Waals surface area contributed by atoms with E-state index in [4.69, 9.17) is 5.26 Å². The summed E-state index contributed by atoms with van der Waals surface area (Å²) in [5.74, 6) is 2.13. The van der Waals surface area contributed by atoms with Crippen molar-refractivity contribution in [2.24, 2.45) is 0 Å². The maximum atomic E-state index is 12.7. The second-order valence-corrected chi connectivity index (χ2v) is 6.57. The van der Waals surface area contributed by atoms with Gasteiger partial charge in [-0.1, -0.05) is 12.1 Å². The summed E-state index contributed by atoms with van der Waals surface area (Å²) < 4.78 is 0. The molecule has 144 valence electrons. The van der Waals surface area contributed by atoms with Gasteiger partial charge in [-0.15, -0.1) is 0 Å². The molecule has 4 rings (SSSR count). The van der Waals surface area contributed by atoms with Gasteiger partial charge in [-0.05, 0) is 30.3 Å². The number of pyridine rings is 1. The van der Waals surface area contributed by atoms with Crippen LogP contribution in [-0.2, 0) is 0 Å². The fourth-order valence-corrected chi connectivity index (χ4v) is 3.20. The van der Waals surface area contributed by atoms with Crippen LogP contribution in [0.2, 0.25) is 0 Å². The van der Waals surface area contributed by atoms with Gasteiger partial charge in [0.25, 0.3) is 5.91 Å². The van der Waals surface area contributed by atoms with E-state index in [1.54, 1.807) is 35.4 Å². The van der Waals surface area contributed by atoms with E-state index in [2.05, 4.69) is 31.2 Å². The summed E-state index contributed by atoms with van der Waals surface area (Å²) in [5.41, 5.74) is 1.03. The largest absolute Gasteiger partial charge is 0.353 e. The van der Waals surface area contributed by atoms with Gasteiger partial charge in [0.2, 0.25) is 0 Å². The van der Waals surface area contributed by atoms with E-state index < -0.39 is 0 Å². The number of hydrogen-bond acceptors (Lipinski definition) is 7. The number of anilines is 3. The number of carbonyl (C=O) groups excluding carboxylic acids is 1. The molecule has 8 heteroatoms. The van der Waals surface area contributed by atoms with Crippen molar-refractivity contribution < 1.29 is 4.79 Å². The SMILES string of the molecule is N#Cc1cccc(C(=O)N2CCN(c3cc(Nc4ccccn4)ncn3)CC2)c1. The molecule has 29 heavy (non-hydrogen) atoms. The summed E-state index contributed by atoms with van der Waals surface area (Å²) in [4.78, 5) is 29.5. The molecule has 2 aromatic heterocycles. The third-order valence-electron chi connectivity index (χ3n) is 4.70. The molecular formula is C21H19N7O. The molecule has 8 nitrogen and oxygen atoms in total. The molecule has 0 unspecified atom stereocenters. The van der Waals surface area contributed by atoms with Crippen molar-refractivity contribution in [1.82, 2.24) is 19.9 Å². The van der Waals surface area contributed by atoms with Gasteiger partial charge in [0, 0.05) is 44.0 Å². The Labute approximate surface area is 168 Å². The third-order valence-corrected chi connectivity index (χ3v) is 4.70. The number of nitrogens with zero attached hydrogens (tertiary/aromatic N) is 6. The predicted octanol–water partition coefficient (Wildman–Crippen LogP) is 2.45. The van der Waals surface area contributed by atoms with Crippen LogP contribution in [0.25, 0.3) is 0 Å². The zero-order valence-corrected chi connectivity index (χ0v) is 15.7. The van der Waals surface area contributed by atoms with E-state index >= 15 is 0 Å². The van der Waals surface area contributed by atoms with Crippen LogP contribution in [-0.4, -0.2) is 51.9 Å². The molecule has 0 radical (unpaired) electrons. The number of aromatic nitrogens is 3. The first-order valence-corrected chi connectivity index (χ1v) is 9.27. The summed E-state index contributed by atoms with van der Waals surface area (Å²) in [5, 5.41) is 12.2. The normalized spacial score (nSPS) is 13.6. The molecule has 3 aromatic rings. The van der Waals surface area contributed by atoms with Gasteiger partial charge >= 0.3 is 0 Å². The van der Waals surface area contributed by atoms with Crippen LogP contribution < -0.4 is 10.2 Å². The fourth-order valence-electron chi connectivity index (χ4n) is 3.20. The first-order valence-electron chi connectivity index (χ1n) is 9.27. The van der Waals surface area contributed by atoms with Crippen molar-refractivity contribution in [2.45, 2.75) is 0 Å². The second kappa shape index (κ2) is 8.35. The van der Waals surface area contributed by atoms with Gasteiger partial charge in [-0.2, -0.15) is 5.26 Å². The van der Waals surface area contributed by atoms with E-state index in [0.717, 1.165) is 5.82 Å². The summed E-state index contributed by atoms with van der Waals surface area (Å²) in [6, 6.07) is 16.4. The van der Waals surface area contributed by atoms with Crippen LogP contribution in [0.3, 0.4) is 0 Å². The van der Waals surface area contributed by atoms with E-state index in [0.29, 0.717) is 48.9 Å². The molecule has 1 aromatic carbocycles. The Bertz CT molecular complexity index is 1040. The minimum Gasteiger partial charge on any atom is -0.353 e. The number of benzene rings is 1. The summed E-state index contributed by atoms with van der Waals surface area (Å²) in [7, 11) is 0. The zero-order chi connectivity index (χ0) is 20.1. The van der Waals surface area contributed by atoms with Crippen molar-refractivity contribution in [3.8, 4) is 6.07 Å². The highest BCUT2D eigenvalue weighted by molar-refractivity contribution is 5.94. The zero-order valence-electron chi connectivity index (χ0n) is 15.7. The highest BCUT2D eigenvalue weighted by atomic mass is 16.2. The first-order chi connectivity index (χ1) is 14.2. The molecule has 0 aliphatic carbocycles. The van der Waals surface area contributed by atoms with Crippen LogP contribution in [0.1, 0.15) is 15.9 Å². The third kappa shape index (κ3) is 4.30. The molecule has 1 aliphatic heterocycles. The van der Waals surface area contributed by atoms with Crippen molar-refractivity contribution in [1.29, 1.82) is 5.26 Å². The smallest absolute Gasteiger partial charge is 0.254 e. The Morgan fingerprint density at radius 2 is 1.83 bits per heavy atom. The molecule has 0 atom stereocenters. The van der Waals surface area contributed by atoms with E-state index in [1.165, 1.54) is 6.33 Å². The number of piperazine rings is 1. The summed E-state index contributed by atoms with van der Waals surface area (Å²) in [6.45, 7) is 2.51. The molecule has 0 saturated carbocycles. The molecule has 1 N–H and O–H groups in total. The molecule has 1 fully saturated rings. The van der Waals surface area contributed by atoms with Crippen molar-refractivity contribution in [3.63, 3.8) is 0 Å². The minimum absolute atomic E-state index is 0.0538. The highest BCUT2D eigenvalue weighted by Gasteiger charge is 2.23. The molecule has 1 aliphatic rings. The van der Waals surface area contributed by atoms with E-state index in [9.17, 15) is 4.79 Å². The Balaban J connectivity index is 1.40. The lowest BCUT2D eigenvalue weighted by Gasteiger charge is -2.35. The Hall–Kier alpha value is -3.99. The Morgan fingerprint density at radius 3 is 2.59 bits per heavy atom. The molecular weight excluding hydrogens is 366 g/mol. The fraction of sp³-hybridized carbons (Fsp3) is 0.190. The van der Waals surface area contributed by atoms with Gasteiger partial charge in [0.05, 0.1) is 11.6 Å². The molecule has 0 spiro atoms. The number of nitriles is 1. The van der Waals surface area contributed by atoms with Crippen LogP contribution in [0.5, 0.6) is 0 Å². The molecule has 1 saturated heterocycles. The maximum absolute atomic E-state index is 12.7. The lowest BCUT2D eigenvalue weighted by Crippen LogP contribution is -2.49. The lowest BCUT2D eigenvalue weighted by atomic mass is 10.1. The van der Waals surface area contributed by atoms with Crippen LogP contribution >= 0.6 is 0 Å². The van der Waals surface area contributed by atoms with E-state index in [1.807, 2.05) is 24.3 Å². The van der Waals surface area contributed by atoms with Gasteiger partial charge in [-0.25, -0.2) is 15.0 Å². The average Bonchev–Trinajstić information content (AvgIpc) is 2.79. The summed E-state index contributed by atoms with van der Waals surface area (Å²) in [6.07, 6.45) is 3.23. The van der Waals surface area contributed by atoms with Gasteiger partial charge < -0.3 is 15.1 Å². The number of nitrogens with one attached hydrogen (secondary N) is 1. The molecule has 1 amide bonds. The predicted molar refractivity (Wildman–Crippen MR) is 109 cm³/mol.